The Hall–Kier alpha value is -4.27. The standard InChI is InChI=1S/C23H19FN6O2/c1-2-19(32)29-11-16(8-13-5-3-4-6-18(13)29)30-23-20(22(25)26-12-27-23)21(28-30)14-7-15(24)10-17(31)9-14/h2-7,9-10,12,16,31H,1,8,11H2,(H2,25,26,27). The van der Waals surface area contributed by atoms with E-state index < -0.39 is 5.82 Å². The molecule has 0 radical (unpaired) electrons. The number of benzene rings is 2. The first-order valence-electron chi connectivity index (χ1n) is 9.96. The fourth-order valence-electron chi connectivity index (χ4n) is 4.22. The number of phenols is 1. The molecule has 0 saturated heterocycles. The maximum absolute atomic E-state index is 14.0. The number of anilines is 2. The molecule has 1 aliphatic rings. The van der Waals surface area contributed by atoms with Crippen molar-refractivity contribution in [3.8, 4) is 17.0 Å². The Morgan fingerprint density at radius 2 is 2.06 bits per heavy atom. The van der Waals surface area contributed by atoms with Crippen molar-refractivity contribution >= 4 is 28.4 Å². The highest BCUT2D eigenvalue weighted by atomic mass is 19.1. The Labute approximate surface area is 182 Å². The predicted molar refractivity (Wildman–Crippen MR) is 119 cm³/mol. The first kappa shape index (κ1) is 19.7. The van der Waals surface area contributed by atoms with Crippen LogP contribution in [0.2, 0.25) is 0 Å². The summed E-state index contributed by atoms with van der Waals surface area (Å²) < 4.78 is 15.7. The molecule has 4 aromatic rings. The van der Waals surface area contributed by atoms with Gasteiger partial charge in [-0.25, -0.2) is 19.0 Å². The quantitative estimate of drug-likeness (QED) is 0.483. The number of amides is 1. The molecule has 1 atom stereocenters. The van der Waals surface area contributed by atoms with Crippen LogP contribution in [0.15, 0.2) is 61.4 Å². The number of nitrogens with two attached hydrogens (primary N) is 1. The number of para-hydroxylation sites is 1. The van der Waals surface area contributed by atoms with E-state index in [0.717, 1.165) is 17.3 Å². The van der Waals surface area contributed by atoms with Gasteiger partial charge in [0.1, 0.15) is 29.4 Å². The molecule has 32 heavy (non-hydrogen) atoms. The molecule has 1 amide bonds. The Morgan fingerprint density at radius 1 is 1.25 bits per heavy atom. The number of carbonyl (C=O) groups excluding carboxylic acids is 1. The summed E-state index contributed by atoms with van der Waals surface area (Å²) in [5.41, 5.74) is 9.13. The summed E-state index contributed by atoms with van der Waals surface area (Å²) in [7, 11) is 0. The number of hydrogen-bond acceptors (Lipinski definition) is 6. The molecule has 1 unspecified atom stereocenters. The third-order valence-electron chi connectivity index (χ3n) is 5.59. The topological polar surface area (TPSA) is 110 Å². The van der Waals surface area contributed by atoms with Crippen molar-refractivity contribution < 1.29 is 14.3 Å². The van der Waals surface area contributed by atoms with E-state index >= 15 is 0 Å². The fourth-order valence-corrected chi connectivity index (χ4v) is 4.22. The van der Waals surface area contributed by atoms with E-state index in [0.29, 0.717) is 35.3 Å². The molecule has 2 aromatic carbocycles. The molecule has 160 valence electrons. The maximum atomic E-state index is 14.0. The van der Waals surface area contributed by atoms with E-state index in [-0.39, 0.29) is 23.5 Å². The first-order chi connectivity index (χ1) is 15.5. The van der Waals surface area contributed by atoms with E-state index in [1.807, 2.05) is 24.3 Å². The number of fused-ring (bicyclic) bond motifs is 2. The van der Waals surface area contributed by atoms with E-state index in [9.17, 15) is 14.3 Å². The zero-order chi connectivity index (χ0) is 22.4. The van der Waals surface area contributed by atoms with Crippen molar-refractivity contribution in [3.05, 3.63) is 72.8 Å². The normalized spacial score (nSPS) is 15.5. The lowest BCUT2D eigenvalue weighted by Gasteiger charge is -2.34. The van der Waals surface area contributed by atoms with Gasteiger partial charge in [0.25, 0.3) is 0 Å². The number of aromatic nitrogens is 4. The number of rotatable bonds is 3. The van der Waals surface area contributed by atoms with Crippen molar-refractivity contribution in [3.63, 3.8) is 0 Å². The van der Waals surface area contributed by atoms with Gasteiger partial charge in [0, 0.05) is 23.9 Å². The van der Waals surface area contributed by atoms with E-state index in [4.69, 9.17) is 10.8 Å². The van der Waals surface area contributed by atoms with Crippen LogP contribution in [-0.4, -0.2) is 37.3 Å². The zero-order valence-electron chi connectivity index (χ0n) is 16.9. The van der Waals surface area contributed by atoms with Crippen LogP contribution >= 0.6 is 0 Å². The van der Waals surface area contributed by atoms with Gasteiger partial charge in [0.2, 0.25) is 5.91 Å². The Morgan fingerprint density at radius 3 is 2.84 bits per heavy atom. The second kappa shape index (κ2) is 7.45. The number of halogens is 1. The van der Waals surface area contributed by atoms with Crippen LogP contribution < -0.4 is 10.6 Å². The number of hydrogen-bond donors (Lipinski definition) is 2. The number of aromatic hydroxyl groups is 1. The number of nitrogens with zero attached hydrogens (tertiary/aromatic N) is 5. The summed E-state index contributed by atoms with van der Waals surface area (Å²) >= 11 is 0. The lowest BCUT2D eigenvalue weighted by atomic mass is 9.97. The predicted octanol–water partition coefficient (Wildman–Crippen LogP) is 3.24. The zero-order valence-corrected chi connectivity index (χ0v) is 16.9. The van der Waals surface area contributed by atoms with E-state index in [1.54, 1.807) is 9.58 Å². The average molecular weight is 430 g/mol. The molecule has 0 spiro atoms. The number of carbonyl (C=O) groups is 1. The minimum atomic E-state index is -0.604. The lowest BCUT2D eigenvalue weighted by Crippen LogP contribution is -2.40. The molecule has 8 nitrogen and oxygen atoms in total. The van der Waals surface area contributed by atoms with Gasteiger partial charge in [-0.1, -0.05) is 24.8 Å². The van der Waals surface area contributed by atoms with Crippen molar-refractivity contribution in [2.75, 3.05) is 17.2 Å². The molecular weight excluding hydrogens is 411 g/mol. The fraction of sp³-hybridized carbons (Fsp3) is 0.130. The average Bonchev–Trinajstić information content (AvgIpc) is 3.18. The third kappa shape index (κ3) is 3.15. The smallest absolute Gasteiger partial charge is 0.250 e. The summed E-state index contributed by atoms with van der Waals surface area (Å²) in [6.45, 7) is 3.96. The second-order valence-corrected chi connectivity index (χ2v) is 7.59. The van der Waals surface area contributed by atoms with Crippen LogP contribution in [0.25, 0.3) is 22.3 Å². The van der Waals surface area contributed by atoms with Crippen molar-refractivity contribution in [1.82, 2.24) is 19.7 Å². The molecule has 0 saturated carbocycles. The monoisotopic (exact) mass is 430 g/mol. The second-order valence-electron chi connectivity index (χ2n) is 7.59. The highest BCUT2D eigenvalue weighted by Crippen LogP contribution is 2.37. The summed E-state index contributed by atoms with van der Waals surface area (Å²) in [6, 6.07) is 11.1. The molecule has 1 aliphatic heterocycles. The highest BCUT2D eigenvalue weighted by molar-refractivity contribution is 6.02. The summed E-state index contributed by atoms with van der Waals surface area (Å²) in [5.74, 6) is -0.863. The van der Waals surface area contributed by atoms with Gasteiger partial charge in [-0.2, -0.15) is 5.10 Å². The van der Waals surface area contributed by atoms with Crippen LogP contribution in [0.3, 0.4) is 0 Å². The largest absolute Gasteiger partial charge is 0.508 e. The van der Waals surface area contributed by atoms with Gasteiger partial charge >= 0.3 is 0 Å². The van der Waals surface area contributed by atoms with Gasteiger partial charge in [-0.05, 0) is 36.3 Å². The van der Waals surface area contributed by atoms with Gasteiger partial charge in [-0.15, -0.1) is 0 Å². The lowest BCUT2D eigenvalue weighted by molar-refractivity contribution is -0.114. The molecule has 5 rings (SSSR count). The van der Waals surface area contributed by atoms with Crippen LogP contribution in [0, 0.1) is 5.82 Å². The number of nitrogen functional groups attached to an aromatic ring is 1. The molecule has 9 heteroatoms. The third-order valence-corrected chi connectivity index (χ3v) is 5.59. The van der Waals surface area contributed by atoms with Gasteiger partial charge in [-0.3, -0.25) is 4.79 Å². The molecule has 0 aliphatic carbocycles. The molecule has 3 heterocycles. The Balaban J connectivity index is 1.69. The number of phenolic OH excluding ortho intramolecular Hbond substituents is 1. The van der Waals surface area contributed by atoms with Crippen LogP contribution in [0.5, 0.6) is 5.75 Å². The minimum Gasteiger partial charge on any atom is -0.508 e. The van der Waals surface area contributed by atoms with Gasteiger partial charge in [0.15, 0.2) is 5.65 Å². The molecule has 0 bridgehead atoms. The van der Waals surface area contributed by atoms with Gasteiger partial charge < -0.3 is 15.7 Å². The highest BCUT2D eigenvalue weighted by Gasteiger charge is 2.31. The van der Waals surface area contributed by atoms with E-state index in [2.05, 4.69) is 16.5 Å². The van der Waals surface area contributed by atoms with Crippen molar-refractivity contribution in [2.45, 2.75) is 12.5 Å². The minimum absolute atomic E-state index is 0.190. The molecular formula is C23H19FN6O2. The van der Waals surface area contributed by atoms with Crippen molar-refractivity contribution in [1.29, 1.82) is 0 Å². The Kier molecular flexibility index (Phi) is 4.58. The Bertz CT molecular complexity index is 1360. The summed E-state index contributed by atoms with van der Waals surface area (Å²) in [6.07, 6.45) is 3.22. The molecule has 0 fully saturated rings. The van der Waals surface area contributed by atoms with Crippen LogP contribution in [-0.2, 0) is 11.2 Å². The SMILES string of the molecule is C=CC(=O)N1CC(n2nc(-c3cc(O)cc(F)c3)c3c(N)ncnc32)Cc2ccccc21. The van der Waals surface area contributed by atoms with Gasteiger partial charge in [0.05, 0.1) is 11.4 Å². The van der Waals surface area contributed by atoms with Crippen LogP contribution in [0.1, 0.15) is 11.6 Å². The maximum Gasteiger partial charge on any atom is 0.250 e. The van der Waals surface area contributed by atoms with Crippen LogP contribution in [0.4, 0.5) is 15.9 Å². The molecule has 2 aromatic heterocycles. The first-order valence-corrected chi connectivity index (χ1v) is 9.96. The molecule has 3 N–H and O–H groups in total. The van der Waals surface area contributed by atoms with E-state index in [1.165, 1.54) is 24.5 Å². The summed E-state index contributed by atoms with van der Waals surface area (Å²) in [4.78, 5) is 22.7. The summed E-state index contributed by atoms with van der Waals surface area (Å²) in [5, 5.41) is 15.1. The van der Waals surface area contributed by atoms with Crippen molar-refractivity contribution in [2.24, 2.45) is 0 Å².